The van der Waals surface area contributed by atoms with Crippen LogP contribution in [0.1, 0.15) is 37.8 Å². The van der Waals surface area contributed by atoms with Crippen LogP contribution in [0.4, 0.5) is 0 Å². The largest absolute Gasteiger partial charge is 0.346 e. The number of hydrogen-bond acceptors (Lipinski definition) is 1. The Hall–Kier alpha value is -1.31. The van der Waals surface area contributed by atoms with Crippen molar-refractivity contribution in [1.29, 1.82) is 0 Å². The Balaban J connectivity index is 2.74. The molecule has 0 saturated carbocycles. The number of nitrogens with one attached hydrogen (secondary N) is 1. The van der Waals surface area contributed by atoms with E-state index in [1.54, 1.807) is 0 Å². The van der Waals surface area contributed by atoms with Gasteiger partial charge in [-0.15, -0.1) is 0 Å². The van der Waals surface area contributed by atoms with E-state index in [1.807, 2.05) is 6.20 Å². The fourth-order valence-electron chi connectivity index (χ4n) is 1.90. The van der Waals surface area contributed by atoms with Gasteiger partial charge in [-0.3, -0.25) is 0 Å². The Labute approximate surface area is 84.4 Å². The summed E-state index contributed by atoms with van der Waals surface area (Å²) in [5.41, 5.74) is 3.79. The fourth-order valence-corrected chi connectivity index (χ4v) is 1.90. The number of hydrogen-bond donors (Lipinski definition) is 1. The maximum absolute atomic E-state index is 4.34. The molecule has 0 aliphatic heterocycles. The van der Waals surface area contributed by atoms with Gasteiger partial charge in [0, 0.05) is 17.8 Å². The zero-order valence-corrected chi connectivity index (χ0v) is 8.96. The van der Waals surface area contributed by atoms with Gasteiger partial charge in [0.1, 0.15) is 5.65 Å². The number of H-pyrrole nitrogens is 1. The molecule has 2 heterocycles. The third kappa shape index (κ3) is 1.31. The van der Waals surface area contributed by atoms with Gasteiger partial charge < -0.3 is 4.98 Å². The van der Waals surface area contributed by atoms with E-state index in [4.69, 9.17) is 0 Å². The second kappa shape index (κ2) is 3.45. The van der Waals surface area contributed by atoms with Crippen molar-refractivity contribution in [3.63, 3.8) is 0 Å². The molecule has 2 heteroatoms. The van der Waals surface area contributed by atoms with Crippen LogP contribution in [0.15, 0.2) is 18.5 Å². The minimum atomic E-state index is 0.554. The van der Waals surface area contributed by atoms with Crippen LogP contribution < -0.4 is 0 Å². The molecule has 0 amide bonds. The minimum absolute atomic E-state index is 0.554. The molecule has 0 spiro atoms. The lowest BCUT2D eigenvalue weighted by Gasteiger charge is -2.05. The van der Waals surface area contributed by atoms with Crippen LogP contribution in [0.25, 0.3) is 11.0 Å². The summed E-state index contributed by atoms with van der Waals surface area (Å²) in [6, 6.07) is 2.11. The summed E-state index contributed by atoms with van der Waals surface area (Å²) in [4.78, 5) is 7.57. The Kier molecular flexibility index (Phi) is 2.28. The summed E-state index contributed by atoms with van der Waals surface area (Å²) in [6.07, 6.45) is 5.03. The lowest BCUT2D eigenvalue weighted by molar-refractivity contribution is 0.874. The quantitative estimate of drug-likeness (QED) is 0.770. The first-order valence-electron chi connectivity index (χ1n) is 5.19. The average molecular weight is 188 g/mol. The van der Waals surface area contributed by atoms with E-state index in [9.17, 15) is 0 Å². The van der Waals surface area contributed by atoms with Crippen molar-refractivity contribution in [3.05, 3.63) is 29.6 Å². The number of aromatic nitrogens is 2. The molecule has 0 aliphatic carbocycles. The molecule has 0 radical (unpaired) electrons. The molecule has 2 aromatic heterocycles. The molecular formula is C12H16N2. The molecule has 2 nitrogen and oxygen atoms in total. The van der Waals surface area contributed by atoms with Crippen molar-refractivity contribution in [3.8, 4) is 0 Å². The first kappa shape index (κ1) is 9.25. The monoisotopic (exact) mass is 188 g/mol. The Morgan fingerprint density at radius 3 is 2.86 bits per heavy atom. The molecule has 74 valence electrons. The van der Waals surface area contributed by atoms with Crippen LogP contribution in [-0.2, 0) is 6.42 Å². The molecular weight excluding hydrogens is 172 g/mol. The second-order valence-electron chi connectivity index (χ2n) is 3.95. The number of nitrogens with zero attached hydrogens (tertiary/aromatic N) is 1. The van der Waals surface area contributed by atoms with E-state index in [0.29, 0.717) is 5.92 Å². The van der Waals surface area contributed by atoms with E-state index >= 15 is 0 Å². The molecule has 0 unspecified atom stereocenters. The normalized spacial score (nSPS) is 11.4. The van der Waals surface area contributed by atoms with Crippen LogP contribution >= 0.6 is 0 Å². The molecule has 2 aromatic rings. The van der Waals surface area contributed by atoms with Crippen molar-refractivity contribution < 1.29 is 0 Å². The van der Waals surface area contributed by atoms with E-state index in [0.717, 1.165) is 12.1 Å². The summed E-state index contributed by atoms with van der Waals surface area (Å²) in [7, 11) is 0. The first-order valence-corrected chi connectivity index (χ1v) is 5.19. The number of fused-ring (bicyclic) bond motifs is 1. The fraction of sp³-hybridized carbons (Fsp3) is 0.417. The third-order valence-electron chi connectivity index (χ3n) is 2.69. The zero-order valence-electron chi connectivity index (χ0n) is 8.96. The zero-order chi connectivity index (χ0) is 10.1. The molecule has 0 fully saturated rings. The van der Waals surface area contributed by atoms with Gasteiger partial charge in [-0.25, -0.2) is 4.98 Å². The molecule has 0 aliphatic rings. The smallest absolute Gasteiger partial charge is 0.137 e. The predicted octanol–water partition coefficient (Wildman–Crippen LogP) is 3.25. The maximum atomic E-state index is 4.34. The van der Waals surface area contributed by atoms with Crippen LogP contribution in [-0.4, -0.2) is 9.97 Å². The molecule has 0 bridgehead atoms. The highest BCUT2D eigenvalue weighted by Gasteiger charge is 2.10. The standard InChI is InChI=1S/C12H16N2/c1-4-9-5-6-13-12-11(9)10(7-14-12)8(2)3/h5-8H,4H2,1-3H3,(H,13,14). The van der Waals surface area contributed by atoms with E-state index in [-0.39, 0.29) is 0 Å². The summed E-state index contributed by atoms with van der Waals surface area (Å²) in [6.45, 7) is 6.62. The van der Waals surface area contributed by atoms with Gasteiger partial charge in [0.05, 0.1) is 0 Å². The van der Waals surface area contributed by atoms with Crippen molar-refractivity contribution in [2.75, 3.05) is 0 Å². The van der Waals surface area contributed by atoms with Gasteiger partial charge in [0.25, 0.3) is 0 Å². The summed E-state index contributed by atoms with van der Waals surface area (Å²) < 4.78 is 0. The van der Waals surface area contributed by atoms with E-state index in [2.05, 4.69) is 43.0 Å². The van der Waals surface area contributed by atoms with Gasteiger partial charge in [-0.05, 0) is 29.5 Å². The highest BCUT2D eigenvalue weighted by atomic mass is 14.8. The van der Waals surface area contributed by atoms with Crippen LogP contribution in [0, 0.1) is 0 Å². The summed E-state index contributed by atoms with van der Waals surface area (Å²) >= 11 is 0. The van der Waals surface area contributed by atoms with E-state index in [1.165, 1.54) is 16.5 Å². The van der Waals surface area contributed by atoms with Crippen molar-refractivity contribution in [2.24, 2.45) is 0 Å². The molecule has 2 rings (SSSR count). The Bertz CT molecular complexity index is 441. The number of rotatable bonds is 2. The van der Waals surface area contributed by atoms with Crippen molar-refractivity contribution in [1.82, 2.24) is 9.97 Å². The lowest BCUT2D eigenvalue weighted by Crippen LogP contribution is -1.89. The highest BCUT2D eigenvalue weighted by Crippen LogP contribution is 2.26. The maximum Gasteiger partial charge on any atom is 0.137 e. The van der Waals surface area contributed by atoms with Crippen LogP contribution in [0.5, 0.6) is 0 Å². The number of aromatic amines is 1. The molecule has 0 saturated heterocycles. The number of aryl methyl sites for hydroxylation is 1. The molecule has 14 heavy (non-hydrogen) atoms. The van der Waals surface area contributed by atoms with E-state index < -0.39 is 0 Å². The lowest BCUT2D eigenvalue weighted by atomic mass is 9.99. The molecule has 0 aromatic carbocycles. The van der Waals surface area contributed by atoms with Gasteiger partial charge in [0.15, 0.2) is 0 Å². The van der Waals surface area contributed by atoms with Crippen molar-refractivity contribution >= 4 is 11.0 Å². The third-order valence-corrected chi connectivity index (χ3v) is 2.69. The summed E-state index contributed by atoms with van der Waals surface area (Å²) in [5.74, 6) is 0.554. The van der Waals surface area contributed by atoms with Crippen LogP contribution in [0.2, 0.25) is 0 Å². The van der Waals surface area contributed by atoms with Crippen molar-refractivity contribution in [2.45, 2.75) is 33.1 Å². The SMILES string of the molecule is CCc1ccnc2[nH]cc(C(C)C)c12. The summed E-state index contributed by atoms with van der Waals surface area (Å²) in [5, 5.41) is 1.32. The second-order valence-corrected chi connectivity index (χ2v) is 3.95. The van der Waals surface area contributed by atoms with Gasteiger partial charge in [-0.1, -0.05) is 20.8 Å². The predicted molar refractivity (Wildman–Crippen MR) is 59.6 cm³/mol. The average Bonchev–Trinajstić information content (AvgIpc) is 2.60. The number of pyridine rings is 1. The molecule has 1 N–H and O–H groups in total. The van der Waals surface area contributed by atoms with Crippen LogP contribution in [0.3, 0.4) is 0 Å². The topological polar surface area (TPSA) is 28.7 Å². The Morgan fingerprint density at radius 1 is 1.43 bits per heavy atom. The van der Waals surface area contributed by atoms with Gasteiger partial charge in [-0.2, -0.15) is 0 Å². The van der Waals surface area contributed by atoms with Gasteiger partial charge >= 0.3 is 0 Å². The Morgan fingerprint density at radius 2 is 2.21 bits per heavy atom. The minimum Gasteiger partial charge on any atom is -0.346 e. The van der Waals surface area contributed by atoms with Gasteiger partial charge in [0.2, 0.25) is 0 Å². The molecule has 0 atom stereocenters. The highest BCUT2D eigenvalue weighted by molar-refractivity contribution is 5.83. The first-order chi connectivity index (χ1) is 6.74.